The van der Waals surface area contributed by atoms with Crippen LogP contribution in [0, 0.1) is 5.41 Å². The van der Waals surface area contributed by atoms with E-state index in [1.165, 1.54) is 0 Å². The van der Waals surface area contributed by atoms with E-state index in [0.717, 1.165) is 31.6 Å². The van der Waals surface area contributed by atoms with E-state index in [0.29, 0.717) is 6.61 Å². The van der Waals surface area contributed by atoms with E-state index in [2.05, 4.69) is 15.6 Å². The second-order valence-corrected chi connectivity index (χ2v) is 4.65. The van der Waals surface area contributed by atoms with Crippen molar-refractivity contribution in [2.45, 2.75) is 12.8 Å². The van der Waals surface area contributed by atoms with Crippen LogP contribution in [-0.2, 0) is 9.53 Å². The highest BCUT2D eigenvalue weighted by molar-refractivity contribution is 5.95. The summed E-state index contributed by atoms with van der Waals surface area (Å²) in [5.41, 5.74) is 0.368. The van der Waals surface area contributed by atoms with E-state index in [-0.39, 0.29) is 5.91 Å². The van der Waals surface area contributed by atoms with Crippen LogP contribution < -0.4 is 10.6 Å². The molecule has 0 spiro atoms. The van der Waals surface area contributed by atoms with E-state index in [1.807, 2.05) is 0 Å². The van der Waals surface area contributed by atoms with Gasteiger partial charge in [0, 0.05) is 25.2 Å². The van der Waals surface area contributed by atoms with Crippen LogP contribution in [-0.4, -0.2) is 37.7 Å². The van der Waals surface area contributed by atoms with Crippen molar-refractivity contribution in [1.82, 2.24) is 10.3 Å². The number of carbonyl (C=O) groups excluding carboxylic acids is 1. The zero-order valence-electron chi connectivity index (χ0n) is 10.6. The Morgan fingerprint density at radius 1 is 1.44 bits per heavy atom. The number of nitrogens with zero attached hydrogens (tertiary/aromatic N) is 1. The first kappa shape index (κ1) is 13.0. The first-order valence-corrected chi connectivity index (χ1v) is 6.18. The molecule has 2 rings (SSSR count). The molecule has 1 amide bonds. The lowest BCUT2D eigenvalue weighted by Gasteiger charge is -2.35. The predicted molar refractivity (Wildman–Crippen MR) is 69.3 cm³/mol. The second-order valence-electron chi connectivity index (χ2n) is 4.65. The number of carbonyl (C=O) groups is 1. The van der Waals surface area contributed by atoms with E-state index in [1.54, 1.807) is 31.6 Å². The van der Waals surface area contributed by atoms with Crippen molar-refractivity contribution in [1.29, 1.82) is 0 Å². The summed E-state index contributed by atoms with van der Waals surface area (Å²) in [5, 5.41) is 6.22. The summed E-state index contributed by atoms with van der Waals surface area (Å²) in [4.78, 5) is 16.4. The molecule has 0 unspecified atom stereocenters. The Hall–Kier alpha value is -1.46. The van der Waals surface area contributed by atoms with Gasteiger partial charge >= 0.3 is 0 Å². The fraction of sp³-hybridized carbons (Fsp3) is 0.538. The number of methoxy groups -OCH3 is 1. The number of ether oxygens (including phenoxy) is 1. The van der Waals surface area contributed by atoms with Crippen molar-refractivity contribution < 1.29 is 9.53 Å². The molecule has 0 saturated carbocycles. The van der Waals surface area contributed by atoms with Crippen LogP contribution in [0.25, 0.3) is 0 Å². The Morgan fingerprint density at radius 3 is 2.72 bits per heavy atom. The minimum absolute atomic E-state index is 0.0389. The van der Waals surface area contributed by atoms with E-state index in [4.69, 9.17) is 4.74 Å². The van der Waals surface area contributed by atoms with Crippen molar-refractivity contribution in [2.75, 3.05) is 32.1 Å². The van der Waals surface area contributed by atoms with Crippen molar-refractivity contribution in [3.8, 4) is 0 Å². The Morgan fingerprint density at radius 2 is 2.11 bits per heavy atom. The molecule has 0 radical (unpaired) electrons. The van der Waals surface area contributed by atoms with Crippen LogP contribution in [0.1, 0.15) is 12.8 Å². The molecule has 1 fully saturated rings. The normalized spacial score (nSPS) is 18.3. The molecule has 0 atom stereocenters. The molecule has 1 saturated heterocycles. The third kappa shape index (κ3) is 2.86. The molecule has 5 nitrogen and oxygen atoms in total. The zero-order valence-corrected chi connectivity index (χ0v) is 10.6. The summed E-state index contributed by atoms with van der Waals surface area (Å²) in [7, 11) is 1.64. The molecular formula is C13H19N3O2. The Kier molecular flexibility index (Phi) is 4.28. The number of rotatable bonds is 4. The lowest BCUT2D eigenvalue weighted by atomic mass is 9.78. The fourth-order valence-electron chi connectivity index (χ4n) is 2.32. The summed E-state index contributed by atoms with van der Waals surface area (Å²) in [6.07, 6.45) is 4.94. The van der Waals surface area contributed by atoms with Crippen molar-refractivity contribution in [3.05, 3.63) is 24.5 Å². The molecule has 2 N–H and O–H groups in total. The number of hydrogen-bond donors (Lipinski definition) is 2. The van der Waals surface area contributed by atoms with Gasteiger partial charge in [0.2, 0.25) is 5.91 Å². The van der Waals surface area contributed by atoms with Crippen LogP contribution in [0.2, 0.25) is 0 Å². The van der Waals surface area contributed by atoms with Gasteiger partial charge in [0.25, 0.3) is 0 Å². The van der Waals surface area contributed by atoms with Gasteiger partial charge < -0.3 is 15.4 Å². The smallest absolute Gasteiger partial charge is 0.233 e. The van der Waals surface area contributed by atoms with Gasteiger partial charge in [-0.05, 0) is 38.1 Å². The number of piperidine rings is 1. The molecule has 0 aliphatic carbocycles. The summed E-state index contributed by atoms with van der Waals surface area (Å²) >= 11 is 0. The maximum Gasteiger partial charge on any atom is 0.233 e. The number of hydrogen-bond acceptors (Lipinski definition) is 4. The fourth-order valence-corrected chi connectivity index (χ4v) is 2.32. The van der Waals surface area contributed by atoms with Gasteiger partial charge in [-0.3, -0.25) is 9.78 Å². The third-order valence-corrected chi connectivity index (χ3v) is 3.40. The third-order valence-electron chi connectivity index (χ3n) is 3.40. The largest absolute Gasteiger partial charge is 0.384 e. The number of amides is 1. The highest BCUT2D eigenvalue weighted by Crippen LogP contribution is 2.30. The highest BCUT2D eigenvalue weighted by Gasteiger charge is 2.39. The van der Waals surface area contributed by atoms with Crippen molar-refractivity contribution >= 4 is 11.6 Å². The van der Waals surface area contributed by atoms with E-state index >= 15 is 0 Å². The minimum atomic E-state index is -0.413. The van der Waals surface area contributed by atoms with Crippen LogP contribution in [0.3, 0.4) is 0 Å². The quantitative estimate of drug-likeness (QED) is 0.837. The van der Waals surface area contributed by atoms with Gasteiger partial charge in [0.15, 0.2) is 0 Å². The monoisotopic (exact) mass is 249 g/mol. The van der Waals surface area contributed by atoms with Crippen LogP contribution in [0.15, 0.2) is 24.5 Å². The van der Waals surface area contributed by atoms with Crippen molar-refractivity contribution in [2.24, 2.45) is 5.41 Å². The molecule has 1 aromatic rings. The predicted octanol–water partition coefficient (Wildman–Crippen LogP) is 1.04. The minimum Gasteiger partial charge on any atom is -0.384 e. The van der Waals surface area contributed by atoms with Crippen LogP contribution in [0.5, 0.6) is 0 Å². The average molecular weight is 249 g/mol. The van der Waals surface area contributed by atoms with E-state index in [9.17, 15) is 4.79 Å². The van der Waals surface area contributed by atoms with E-state index < -0.39 is 5.41 Å². The zero-order chi connectivity index (χ0) is 12.8. The topological polar surface area (TPSA) is 63.2 Å². The lowest BCUT2D eigenvalue weighted by molar-refractivity contribution is -0.130. The Labute approximate surface area is 107 Å². The molecule has 2 heterocycles. The molecule has 1 aliphatic rings. The van der Waals surface area contributed by atoms with Gasteiger partial charge in [0.05, 0.1) is 12.0 Å². The molecule has 1 aliphatic heterocycles. The van der Waals surface area contributed by atoms with Crippen molar-refractivity contribution in [3.63, 3.8) is 0 Å². The number of anilines is 1. The molecule has 18 heavy (non-hydrogen) atoms. The standard InChI is InChI=1S/C13H19N3O2/c1-18-10-13(4-8-15-9-5-13)12(17)16-11-2-6-14-7-3-11/h2-3,6-7,15H,4-5,8-10H2,1H3,(H,14,16,17). The molecule has 1 aromatic heterocycles. The van der Waals surface area contributed by atoms with Gasteiger partial charge in [-0.1, -0.05) is 0 Å². The SMILES string of the molecule is COCC1(C(=O)Nc2ccncc2)CCNCC1. The molecule has 0 aromatic carbocycles. The first-order valence-electron chi connectivity index (χ1n) is 6.18. The summed E-state index contributed by atoms with van der Waals surface area (Å²) in [5.74, 6) is 0.0389. The summed E-state index contributed by atoms with van der Waals surface area (Å²) in [6.45, 7) is 2.17. The van der Waals surface area contributed by atoms with Crippen LogP contribution >= 0.6 is 0 Å². The second kappa shape index (κ2) is 5.93. The summed E-state index contributed by atoms with van der Waals surface area (Å²) in [6, 6.07) is 3.58. The first-order chi connectivity index (χ1) is 8.77. The summed E-state index contributed by atoms with van der Waals surface area (Å²) < 4.78 is 5.24. The van der Waals surface area contributed by atoms with Gasteiger partial charge in [-0.2, -0.15) is 0 Å². The molecule has 0 bridgehead atoms. The molecular weight excluding hydrogens is 230 g/mol. The Bertz CT molecular complexity index is 383. The van der Waals surface area contributed by atoms with Gasteiger partial charge in [0.1, 0.15) is 0 Å². The molecule has 5 heteroatoms. The number of nitrogens with one attached hydrogen (secondary N) is 2. The molecule has 98 valence electrons. The lowest BCUT2D eigenvalue weighted by Crippen LogP contribution is -2.47. The maximum absolute atomic E-state index is 12.4. The average Bonchev–Trinajstić information content (AvgIpc) is 2.41. The van der Waals surface area contributed by atoms with Gasteiger partial charge in [-0.15, -0.1) is 0 Å². The highest BCUT2D eigenvalue weighted by atomic mass is 16.5. The number of pyridine rings is 1. The van der Waals surface area contributed by atoms with Crippen LogP contribution in [0.4, 0.5) is 5.69 Å². The maximum atomic E-state index is 12.4. The number of aromatic nitrogens is 1. The van der Waals surface area contributed by atoms with Gasteiger partial charge in [-0.25, -0.2) is 0 Å². The Balaban J connectivity index is 2.08.